The normalized spacial score (nSPS) is 12.4. The quantitative estimate of drug-likeness (QED) is 0.611. The molecule has 0 fully saturated rings. The number of thiophene rings is 1. The van der Waals surface area contributed by atoms with Crippen molar-refractivity contribution >= 4 is 40.2 Å². The molecular weight excluding hydrogens is 406 g/mol. The molecule has 0 atom stereocenters. The Kier molecular flexibility index (Phi) is 7.18. The number of urea groups is 1. The summed E-state index contributed by atoms with van der Waals surface area (Å²) in [4.78, 5) is 49.0. The Morgan fingerprint density at radius 2 is 1.80 bits per heavy atom. The first-order valence-corrected chi connectivity index (χ1v) is 10.5. The zero-order valence-corrected chi connectivity index (χ0v) is 17.4. The molecule has 9 heteroatoms. The lowest BCUT2D eigenvalue weighted by molar-refractivity contribution is -0.123. The molecule has 0 spiro atoms. The van der Waals surface area contributed by atoms with Gasteiger partial charge in [0.2, 0.25) is 5.91 Å². The highest BCUT2D eigenvalue weighted by molar-refractivity contribution is 7.17. The lowest BCUT2D eigenvalue weighted by Gasteiger charge is -2.12. The first-order valence-electron chi connectivity index (χ1n) is 9.65. The molecule has 4 amide bonds. The van der Waals surface area contributed by atoms with E-state index in [1.165, 1.54) is 18.3 Å². The van der Waals surface area contributed by atoms with Crippen LogP contribution in [0, 0.1) is 0 Å². The maximum absolute atomic E-state index is 12.6. The third kappa shape index (κ3) is 5.66. The van der Waals surface area contributed by atoms with E-state index in [0.717, 1.165) is 41.7 Å². The van der Waals surface area contributed by atoms with E-state index in [0.29, 0.717) is 10.6 Å². The van der Waals surface area contributed by atoms with Crippen LogP contribution < -0.4 is 16.0 Å². The molecule has 0 radical (unpaired) electrons. The standard InChI is InChI=1S/C21H23N3O5S/c1-13(25)23-19-18(15-9-5-6-10-16(15)30-19)20(27)29-12-17(26)24-21(28)22-11-14-7-3-2-4-8-14/h2-4,7-8H,5-6,9-12H2,1H3,(H,23,25)(H2,22,24,26,28). The predicted octanol–water partition coefficient (Wildman–Crippen LogP) is 2.77. The number of imide groups is 1. The Bertz CT molecular complexity index is 955. The molecule has 0 bridgehead atoms. The molecule has 1 heterocycles. The molecule has 0 aliphatic heterocycles. The number of nitrogens with one attached hydrogen (secondary N) is 3. The first-order chi connectivity index (χ1) is 14.4. The topological polar surface area (TPSA) is 114 Å². The van der Waals surface area contributed by atoms with Gasteiger partial charge in [-0.1, -0.05) is 30.3 Å². The highest BCUT2D eigenvalue weighted by Crippen LogP contribution is 2.38. The second-order valence-electron chi connectivity index (χ2n) is 6.89. The van der Waals surface area contributed by atoms with Crippen molar-refractivity contribution in [1.82, 2.24) is 10.6 Å². The number of esters is 1. The fourth-order valence-corrected chi connectivity index (χ4v) is 4.54. The monoisotopic (exact) mass is 429 g/mol. The lowest BCUT2D eigenvalue weighted by atomic mass is 9.95. The average Bonchev–Trinajstić information content (AvgIpc) is 3.08. The third-order valence-corrected chi connectivity index (χ3v) is 5.76. The van der Waals surface area contributed by atoms with E-state index in [-0.39, 0.29) is 12.5 Å². The Morgan fingerprint density at radius 1 is 1.07 bits per heavy atom. The zero-order valence-electron chi connectivity index (χ0n) is 16.6. The summed E-state index contributed by atoms with van der Waals surface area (Å²) in [5.41, 5.74) is 2.08. The number of carbonyl (C=O) groups excluding carboxylic acids is 4. The molecule has 1 aliphatic carbocycles. The second-order valence-corrected chi connectivity index (χ2v) is 7.99. The number of aryl methyl sites for hydroxylation is 1. The van der Waals surface area contributed by atoms with Crippen LogP contribution in [-0.2, 0) is 33.7 Å². The molecule has 30 heavy (non-hydrogen) atoms. The zero-order chi connectivity index (χ0) is 21.5. The fourth-order valence-electron chi connectivity index (χ4n) is 3.22. The first kappa shape index (κ1) is 21.5. The van der Waals surface area contributed by atoms with E-state index in [9.17, 15) is 19.2 Å². The van der Waals surface area contributed by atoms with Gasteiger partial charge in [0.15, 0.2) is 6.61 Å². The van der Waals surface area contributed by atoms with Gasteiger partial charge >= 0.3 is 12.0 Å². The van der Waals surface area contributed by atoms with Gasteiger partial charge in [-0.15, -0.1) is 11.3 Å². The minimum absolute atomic E-state index is 0.265. The van der Waals surface area contributed by atoms with Crippen molar-refractivity contribution in [2.24, 2.45) is 0 Å². The summed E-state index contributed by atoms with van der Waals surface area (Å²) in [7, 11) is 0. The number of anilines is 1. The SMILES string of the molecule is CC(=O)Nc1sc2c(c1C(=O)OCC(=O)NC(=O)NCc1ccccc1)CCCC2. The molecule has 3 N–H and O–H groups in total. The van der Waals surface area contributed by atoms with Gasteiger partial charge in [0.25, 0.3) is 5.91 Å². The molecule has 8 nitrogen and oxygen atoms in total. The summed E-state index contributed by atoms with van der Waals surface area (Å²) < 4.78 is 5.12. The van der Waals surface area contributed by atoms with E-state index in [1.807, 2.05) is 30.3 Å². The maximum Gasteiger partial charge on any atom is 0.341 e. The number of benzene rings is 1. The molecule has 1 aromatic carbocycles. The smallest absolute Gasteiger partial charge is 0.341 e. The summed E-state index contributed by atoms with van der Waals surface area (Å²) in [6.07, 6.45) is 3.56. The van der Waals surface area contributed by atoms with Gasteiger partial charge in [0.1, 0.15) is 5.00 Å². The molecule has 1 aromatic heterocycles. The van der Waals surface area contributed by atoms with Gasteiger partial charge in [-0.3, -0.25) is 14.9 Å². The van der Waals surface area contributed by atoms with E-state index >= 15 is 0 Å². The van der Waals surface area contributed by atoms with Gasteiger partial charge in [-0.2, -0.15) is 0 Å². The van der Waals surface area contributed by atoms with Crippen LogP contribution >= 0.6 is 11.3 Å². The van der Waals surface area contributed by atoms with Gasteiger partial charge in [0.05, 0.1) is 5.56 Å². The highest BCUT2D eigenvalue weighted by atomic mass is 32.1. The molecule has 2 aromatic rings. The van der Waals surface area contributed by atoms with Gasteiger partial charge < -0.3 is 15.4 Å². The Morgan fingerprint density at radius 3 is 2.53 bits per heavy atom. The summed E-state index contributed by atoms with van der Waals surface area (Å²) in [6, 6.07) is 8.57. The van der Waals surface area contributed by atoms with Crippen LogP contribution in [-0.4, -0.2) is 30.4 Å². The maximum atomic E-state index is 12.6. The number of hydrogen-bond donors (Lipinski definition) is 3. The van der Waals surface area contributed by atoms with Gasteiger partial charge in [0, 0.05) is 18.3 Å². The number of fused-ring (bicyclic) bond motifs is 1. The van der Waals surface area contributed by atoms with Crippen LogP contribution in [0.2, 0.25) is 0 Å². The molecule has 3 rings (SSSR count). The van der Waals surface area contributed by atoms with Crippen molar-refractivity contribution in [2.45, 2.75) is 39.2 Å². The molecular formula is C21H23N3O5S. The Hall–Kier alpha value is -3.20. The van der Waals surface area contributed by atoms with Crippen LogP contribution in [0.15, 0.2) is 30.3 Å². The molecule has 0 saturated carbocycles. The third-order valence-electron chi connectivity index (χ3n) is 4.55. The molecule has 0 unspecified atom stereocenters. The highest BCUT2D eigenvalue weighted by Gasteiger charge is 2.27. The number of rotatable bonds is 6. The number of amides is 4. The predicted molar refractivity (Wildman–Crippen MR) is 112 cm³/mol. The lowest BCUT2D eigenvalue weighted by Crippen LogP contribution is -2.41. The van der Waals surface area contributed by atoms with E-state index in [1.54, 1.807) is 0 Å². The van der Waals surface area contributed by atoms with Crippen molar-refractivity contribution in [1.29, 1.82) is 0 Å². The van der Waals surface area contributed by atoms with Crippen LogP contribution in [0.25, 0.3) is 0 Å². The van der Waals surface area contributed by atoms with Gasteiger partial charge in [-0.05, 0) is 36.8 Å². The Balaban J connectivity index is 1.54. The largest absolute Gasteiger partial charge is 0.452 e. The number of ether oxygens (including phenoxy) is 1. The number of hydrogen-bond acceptors (Lipinski definition) is 6. The minimum Gasteiger partial charge on any atom is -0.452 e. The number of carbonyl (C=O) groups is 4. The summed E-state index contributed by atoms with van der Waals surface area (Å²) in [5.74, 6) is -1.70. The van der Waals surface area contributed by atoms with Crippen LogP contribution in [0.3, 0.4) is 0 Å². The fraction of sp³-hybridized carbons (Fsp3) is 0.333. The van der Waals surface area contributed by atoms with Crippen LogP contribution in [0.1, 0.15) is 46.1 Å². The minimum atomic E-state index is -0.737. The van der Waals surface area contributed by atoms with Crippen molar-refractivity contribution in [3.8, 4) is 0 Å². The van der Waals surface area contributed by atoms with E-state index in [2.05, 4.69) is 16.0 Å². The van der Waals surface area contributed by atoms with Crippen LogP contribution in [0.4, 0.5) is 9.80 Å². The Labute approximate surface area is 178 Å². The van der Waals surface area contributed by atoms with Gasteiger partial charge in [-0.25, -0.2) is 9.59 Å². The average molecular weight is 429 g/mol. The van der Waals surface area contributed by atoms with Crippen molar-refractivity contribution in [3.63, 3.8) is 0 Å². The van der Waals surface area contributed by atoms with E-state index < -0.39 is 24.5 Å². The second kappa shape index (κ2) is 10.0. The summed E-state index contributed by atoms with van der Waals surface area (Å²) in [5, 5.41) is 7.81. The molecule has 0 saturated heterocycles. The van der Waals surface area contributed by atoms with E-state index in [4.69, 9.17) is 4.74 Å². The summed E-state index contributed by atoms with van der Waals surface area (Å²) >= 11 is 1.37. The molecule has 1 aliphatic rings. The van der Waals surface area contributed by atoms with Crippen LogP contribution in [0.5, 0.6) is 0 Å². The molecule has 158 valence electrons. The van der Waals surface area contributed by atoms with Crippen molar-refractivity contribution < 1.29 is 23.9 Å². The summed E-state index contributed by atoms with van der Waals surface area (Å²) in [6.45, 7) is 1.04. The van der Waals surface area contributed by atoms with Crippen molar-refractivity contribution in [3.05, 3.63) is 51.9 Å². The van der Waals surface area contributed by atoms with Crippen molar-refractivity contribution in [2.75, 3.05) is 11.9 Å².